The molecule has 6 N–H and O–H groups in total. The van der Waals surface area contributed by atoms with Gasteiger partial charge < -0.3 is 54.3 Å². The first-order chi connectivity index (χ1) is 18.2. The Kier molecular flexibility index (Phi) is 10.6. The van der Waals surface area contributed by atoms with Gasteiger partial charge in [0.1, 0.15) is 30.2 Å². The van der Waals surface area contributed by atoms with Crippen molar-refractivity contribution in [3.05, 3.63) is 53.3 Å². The number of aliphatic hydroxyl groups is 5. The van der Waals surface area contributed by atoms with E-state index in [0.717, 1.165) is 18.9 Å². The lowest BCUT2D eigenvalue weighted by molar-refractivity contribution is -0.327. The molecule has 38 heavy (non-hydrogen) atoms. The Morgan fingerprint density at radius 1 is 1.05 bits per heavy atom. The van der Waals surface area contributed by atoms with Crippen molar-refractivity contribution in [1.82, 2.24) is 0 Å². The van der Waals surface area contributed by atoms with Crippen molar-refractivity contribution in [2.75, 3.05) is 26.9 Å². The van der Waals surface area contributed by atoms with E-state index in [-0.39, 0.29) is 29.9 Å². The molecule has 0 aromatic heterocycles. The summed E-state index contributed by atoms with van der Waals surface area (Å²) in [6.07, 6.45) is -6.99. The standard InChI is InChI=1S/C25H32O13/c1-34-23(33)17-12-36-24(38-25-22(32)21(31)20(30)18(11-27)37-25)15(6-8-26)16(17)10-19(29)35-9-7-13-2-4-14(28)5-3-13/h2-6,12,16,18,20-22,24-28,30-32H,7-11H2,1H3/b15-6-/t16-,18+,20+,21-,22+,24-,25-/m0/s1. The number of esters is 2. The van der Waals surface area contributed by atoms with Crippen LogP contribution in [0, 0.1) is 5.92 Å². The van der Waals surface area contributed by atoms with Crippen LogP contribution in [0.2, 0.25) is 0 Å². The number of benzene rings is 1. The molecule has 1 saturated heterocycles. The number of carbonyl (C=O) groups excluding carboxylic acids is 2. The van der Waals surface area contributed by atoms with Gasteiger partial charge in [0.15, 0.2) is 6.29 Å². The zero-order valence-electron chi connectivity index (χ0n) is 20.6. The molecule has 2 aliphatic rings. The van der Waals surface area contributed by atoms with Gasteiger partial charge in [0.25, 0.3) is 0 Å². The quantitative estimate of drug-likeness (QED) is 0.150. The fraction of sp³-hybridized carbons (Fsp3) is 0.520. The molecule has 0 spiro atoms. The molecule has 1 aromatic rings. The van der Waals surface area contributed by atoms with Gasteiger partial charge in [-0.15, -0.1) is 0 Å². The van der Waals surface area contributed by atoms with E-state index in [9.17, 15) is 40.2 Å². The summed E-state index contributed by atoms with van der Waals surface area (Å²) in [5.41, 5.74) is 0.879. The van der Waals surface area contributed by atoms with Crippen LogP contribution < -0.4 is 0 Å². The average molecular weight is 541 g/mol. The van der Waals surface area contributed by atoms with Crippen LogP contribution in [0.15, 0.2) is 47.7 Å². The molecule has 13 heteroatoms. The molecule has 2 heterocycles. The molecule has 0 amide bonds. The van der Waals surface area contributed by atoms with Crippen LogP contribution in [0.1, 0.15) is 12.0 Å². The smallest absolute Gasteiger partial charge is 0.337 e. The summed E-state index contributed by atoms with van der Waals surface area (Å²) in [6, 6.07) is 6.38. The Labute approximate surface area is 218 Å². The van der Waals surface area contributed by atoms with Crippen LogP contribution in [0.25, 0.3) is 0 Å². The Bertz CT molecular complexity index is 1000. The highest BCUT2D eigenvalue weighted by molar-refractivity contribution is 5.90. The minimum atomic E-state index is -1.74. The summed E-state index contributed by atoms with van der Waals surface area (Å²) in [7, 11) is 1.14. The maximum Gasteiger partial charge on any atom is 0.337 e. The van der Waals surface area contributed by atoms with Crippen molar-refractivity contribution in [3.63, 3.8) is 0 Å². The minimum absolute atomic E-state index is 0.0218. The van der Waals surface area contributed by atoms with Crippen molar-refractivity contribution in [2.45, 2.75) is 49.8 Å². The molecule has 2 aliphatic heterocycles. The molecule has 210 valence electrons. The van der Waals surface area contributed by atoms with Crippen LogP contribution >= 0.6 is 0 Å². The van der Waals surface area contributed by atoms with E-state index >= 15 is 0 Å². The number of hydrogen-bond donors (Lipinski definition) is 6. The number of rotatable bonds is 10. The van der Waals surface area contributed by atoms with Gasteiger partial charge in [-0.2, -0.15) is 0 Å². The predicted octanol–water partition coefficient (Wildman–Crippen LogP) is -1.37. The monoisotopic (exact) mass is 540 g/mol. The summed E-state index contributed by atoms with van der Waals surface area (Å²) >= 11 is 0. The van der Waals surface area contributed by atoms with Gasteiger partial charge in [-0.25, -0.2) is 4.79 Å². The van der Waals surface area contributed by atoms with E-state index in [4.69, 9.17) is 23.7 Å². The number of ether oxygens (including phenoxy) is 5. The Morgan fingerprint density at radius 3 is 2.39 bits per heavy atom. The molecule has 1 aromatic carbocycles. The maximum absolute atomic E-state index is 12.7. The second kappa shape index (κ2) is 13.7. The zero-order valence-corrected chi connectivity index (χ0v) is 20.6. The third-order valence-corrected chi connectivity index (χ3v) is 6.18. The lowest BCUT2D eigenvalue weighted by atomic mass is 9.86. The second-order valence-electron chi connectivity index (χ2n) is 8.65. The van der Waals surface area contributed by atoms with Crippen molar-refractivity contribution in [1.29, 1.82) is 0 Å². The van der Waals surface area contributed by atoms with Crippen molar-refractivity contribution >= 4 is 11.9 Å². The van der Waals surface area contributed by atoms with Crippen molar-refractivity contribution < 1.29 is 63.9 Å². The number of methoxy groups -OCH3 is 1. The number of phenols is 1. The lowest BCUT2D eigenvalue weighted by Gasteiger charge is -2.41. The first-order valence-electron chi connectivity index (χ1n) is 11.8. The van der Waals surface area contributed by atoms with E-state index in [0.29, 0.717) is 6.42 Å². The van der Waals surface area contributed by atoms with Crippen LogP contribution in [0.5, 0.6) is 5.75 Å². The van der Waals surface area contributed by atoms with Gasteiger partial charge in [-0.3, -0.25) is 4.79 Å². The summed E-state index contributed by atoms with van der Waals surface area (Å²) in [6.45, 7) is -1.19. The van der Waals surface area contributed by atoms with Crippen LogP contribution in [0.3, 0.4) is 0 Å². The first kappa shape index (κ1) is 29.5. The first-order valence-corrected chi connectivity index (χ1v) is 11.8. The van der Waals surface area contributed by atoms with Crippen LogP contribution in [0.4, 0.5) is 0 Å². The van der Waals surface area contributed by atoms with E-state index < -0.39 is 68.1 Å². The van der Waals surface area contributed by atoms with E-state index in [2.05, 4.69) is 0 Å². The minimum Gasteiger partial charge on any atom is -0.508 e. The van der Waals surface area contributed by atoms with Gasteiger partial charge in [-0.1, -0.05) is 18.2 Å². The molecule has 0 bridgehead atoms. The third-order valence-electron chi connectivity index (χ3n) is 6.18. The van der Waals surface area contributed by atoms with Gasteiger partial charge in [0.2, 0.25) is 6.29 Å². The molecule has 3 rings (SSSR count). The molecule has 0 unspecified atom stereocenters. The Hall–Kier alpha value is -3.04. The lowest BCUT2D eigenvalue weighted by Crippen LogP contribution is -2.60. The fourth-order valence-corrected chi connectivity index (χ4v) is 4.10. The van der Waals surface area contributed by atoms with Gasteiger partial charge in [0, 0.05) is 17.9 Å². The van der Waals surface area contributed by atoms with Crippen molar-refractivity contribution in [3.8, 4) is 5.75 Å². The second-order valence-corrected chi connectivity index (χ2v) is 8.65. The highest BCUT2D eigenvalue weighted by Crippen LogP contribution is 2.36. The molecule has 0 aliphatic carbocycles. The summed E-state index contributed by atoms with van der Waals surface area (Å²) in [4.78, 5) is 25.1. The number of aliphatic hydroxyl groups excluding tert-OH is 5. The van der Waals surface area contributed by atoms with Gasteiger partial charge in [0.05, 0.1) is 45.2 Å². The Balaban J connectivity index is 1.75. The SMILES string of the molecule is COC(=O)C1=CO[C@@H](O[C@@H]2O[C@H](CO)[C@@H](O)[C@H](O)[C@H]2O)/C(=C\CO)[C@@H]1CC(=O)OCCc1ccc(O)cc1. The maximum atomic E-state index is 12.7. The highest BCUT2D eigenvalue weighted by Gasteiger charge is 2.47. The summed E-state index contributed by atoms with van der Waals surface area (Å²) < 4.78 is 26.6. The number of aromatic hydroxyl groups is 1. The molecule has 0 saturated carbocycles. The zero-order chi connectivity index (χ0) is 27.8. The van der Waals surface area contributed by atoms with Crippen LogP contribution in [-0.4, -0.2) is 107 Å². The summed E-state index contributed by atoms with van der Waals surface area (Å²) in [5, 5.41) is 58.8. The van der Waals surface area contributed by atoms with Gasteiger partial charge in [-0.05, 0) is 17.7 Å². The van der Waals surface area contributed by atoms with E-state index in [1.807, 2.05) is 0 Å². The Morgan fingerprint density at radius 2 is 1.76 bits per heavy atom. The number of phenolic OH excluding ortho intramolecular Hbond substituents is 1. The molecular weight excluding hydrogens is 508 g/mol. The van der Waals surface area contributed by atoms with Crippen molar-refractivity contribution in [2.24, 2.45) is 5.92 Å². The molecule has 13 nitrogen and oxygen atoms in total. The summed E-state index contributed by atoms with van der Waals surface area (Å²) in [5.74, 6) is -2.39. The van der Waals surface area contributed by atoms with E-state index in [1.54, 1.807) is 12.1 Å². The normalized spacial score (nSPS) is 30.3. The fourth-order valence-electron chi connectivity index (χ4n) is 4.10. The highest BCUT2D eigenvalue weighted by atomic mass is 16.8. The third kappa shape index (κ3) is 7.08. The average Bonchev–Trinajstić information content (AvgIpc) is 2.91. The number of carbonyl (C=O) groups is 2. The predicted molar refractivity (Wildman–Crippen MR) is 126 cm³/mol. The molecular formula is C25H32O13. The topological polar surface area (TPSA) is 202 Å². The van der Waals surface area contributed by atoms with Gasteiger partial charge >= 0.3 is 11.9 Å². The molecule has 7 atom stereocenters. The molecule has 1 fully saturated rings. The molecule has 0 radical (unpaired) electrons. The number of hydrogen-bond acceptors (Lipinski definition) is 13. The van der Waals surface area contributed by atoms with E-state index in [1.165, 1.54) is 18.2 Å². The largest absolute Gasteiger partial charge is 0.508 e. The van der Waals surface area contributed by atoms with Crippen LogP contribution in [-0.2, 0) is 39.7 Å².